The second-order valence-electron chi connectivity index (χ2n) is 6.11. The van der Waals surface area contributed by atoms with Crippen molar-refractivity contribution < 1.29 is 4.79 Å². The van der Waals surface area contributed by atoms with E-state index in [0.29, 0.717) is 6.54 Å². The molecule has 0 aromatic carbocycles. The van der Waals surface area contributed by atoms with Crippen LogP contribution in [0.2, 0.25) is 0 Å². The predicted molar refractivity (Wildman–Crippen MR) is 113 cm³/mol. The number of hydrogen-bond acceptors (Lipinski definition) is 5. The van der Waals surface area contributed by atoms with Gasteiger partial charge in [-0.1, -0.05) is 13.8 Å². The largest absolute Gasteiger partial charge is 0.340 e. The predicted octanol–water partition coefficient (Wildman–Crippen LogP) is 3.13. The van der Waals surface area contributed by atoms with Crippen molar-refractivity contribution in [2.45, 2.75) is 40.2 Å². The van der Waals surface area contributed by atoms with Crippen molar-refractivity contribution in [1.82, 2.24) is 14.8 Å². The average molecular weight is 434 g/mol. The van der Waals surface area contributed by atoms with E-state index in [1.54, 1.807) is 11.3 Å². The first-order valence-corrected chi connectivity index (χ1v) is 8.99. The summed E-state index contributed by atoms with van der Waals surface area (Å²) < 4.78 is 0. The van der Waals surface area contributed by atoms with Gasteiger partial charge >= 0.3 is 0 Å². The number of nitrogens with zero attached hydrogens (tertiary/aromatic N) is 3. The molecule has 5 nitrogen and oxygen atoms in total. The van der Waals surface area contributed by atoms with Crippen molar-refractivity contribution in [3.8, 4) is 0 Å². The molecule has 1 aromatic heterocycles. The van der Waals surface area contributed by atoms with E-state index in [2.05, 4.69) is 23.7 Å². The number of carbonyl (C=O) groups is 1. The maximum absolute atomic E-state index is 12.8. The minimum absolute atomic E-state index is 0. The van der Waals surface area contributed by atoms with Crippen LogP contribution in [0.1, 0.15) is 36.6 Å². The Bertz CT molecular complexity index is 495. The van der Waals surface area contributed by atoms with Crippen LogP contribution in [0.15, 0.2) is 6.20 Å². The lowest BCUT2D eigenvalue weighted by Gasteiger charge is -2.40. The van der Waals surface area contributed by atoms with Gasteiger partial charge < -0.3 is 10.6 Å². The van der Waals surface area contributed by atoms with Crippen LogP contribution in [0.25, 0.3) is 0 Å². The van der Waals surface area contributed by atoms with E-state index in [4.69, 9.17) is 5.73 Å². The first-order chi connectivity index (χ1) is 10.5. The summed E-state index contributed by atoms with van der Waals surface area (Å²) in [5, 5.41) is 1.11. The Labute approximate surface area is 174 Å². The molecular weight excluding hydrogens is 403 g/mol. The lowest BCUT2D eigenvalue weighted by molar-refractivity contribution is -0.144. The third-order valence-corrected chi connectivity index (χ3v) is 5.80. The van der Waals surface area contributed by atoms with Crippen molar-refractivity contribution >= 4 is 54.5 Å². The van der Waals surface area contributed by atoms with Crippen molar-refractivity contribution in [2.75, 3.05) is 32.7 Å². The Hall–Kier alpha value is -0.110. The second-order valence-corrected chi connectivity index (χ2v) is 7.42. The number of nitrogens with two attached hydrogens (primary N) is 1. The maximum atomic E-state index is 12.8. The molecule has 0 radical (unpaired) electrons. The van der Waals surface area contributed by atoms with Crippen LogP contribution in [-0.4, -0.2) is 53.4 Å². The fourth-order valence-electron chi connectivity index (χ4n) is 3.07. The maximum Gasteiger partial charge on any atom is 0.230 e. The van der Waals surface area contributed by atoms with Gasteiger partial charge in [-0.25, -0.2) is 4.98 Å². The number of halogens is 3. The third-order valence-electron chi connectivity index (χ3n) is 4.91. The van der Waals surface area contributed by atoms with E-state index in [-0.39, 0.29) is 48.5 Å². The van der Waals surface area contributed by atoms with Crippen molar-refractivity contribution in [2.24, 2.45) is 11.1 Å². The van der Waals surface area contributed by atoms with Crippen LogP contribution in [-0.2, 0) is 11.3 Å². The van der Waals surface area contributed by atoms with E-state index >= 15 is 0 Å². The fraction of sp³-hybridized carbons (Fsp3) is 0.750. The Balaban J connectivity index is 0. The number of rotatable bonds is 6. The third kappa shape index (κ3) is 6.52. The summed E-state index contributed by atoms with van der Waals surface area (Å²) in [5.74, 6) is 0.244. The Morgan fingerprint density at radius 3 is 2.16 bits per heavy atom. The summed E-state index contributed by atoms with van der Waals surface area (Å²) in [6, 6.07) is 0. The van der Waals surface area contributed by atoms with Gasteiger partial charge in [0.2, 0.25) is 5.91 Å². The van der Waals surface area contributed by atoms with Crippen molar-refractivity contribution in [3.05, 3.63) is 16.1 Å². The standard InChI is InChI=1S/C16H28N4OS.3ClH/c1-4-16(5-2,12-17)15(21)20-8-6-19(7-9-20)11-14-10-18-13(3)22-14;;;/h10H,4-9,11-12,17H2,1-3H3;3*1H. The highest BCUT2D eigenvalue weighted by atomic mass is 35.5. The molecule has 1 aliphatic heterocycles. The van der Waals surface area contributed by atoms with Crippen LogP contribution in [0.5, 0.6) is 0 Å². The SMILES string of the molecule is CCC(CC)(CN)C(=O)N1CCN(Cc2cnc(C)s2)CC1.Cl.Cl.Cl. The lowest BCUT2D eigenvalue weighted by Crippen LogP contribution is -2.54. The van der Waals surface area contributed by atoms with Crippen LogP contribution in [0.3, 0.4) is 0 Å². The van der Waals surface area contributed by atoms with Crippen molar-refractivity contribution in [3.63, 3.8) is 0 Å². The zero-order valence-corrected chi connectivity index (χ0v) is 18.5. The first-order valence-electron chi connectivity index (χ1n) is 8.17. The summed E-state index contributed by atoms with van der Waals surface area (Å²) >= 11 is 1.75. The van der Waals surface area contributed by atoms with Gasteiger partial charge in [-0.15, -0.1) is 48.6 Å². The second kappa shape index (κ2) is 12.3. The Kier molecular flexibility index (Phi) is 13.3. The van der Waals surface area contributed by atoms with E-state index in [1.165, 1.54) is 4.88 Å². The Morgan fingerprint density at radius 1 is 1.20 bits per heavy atom. The smallest absolute Gasteiger partial charge is 0.230 e. The fourth-order valence-corrected chi connectivity index (χ4v) is 3.91. The number of aryl methyl sites for hydroxylation is 1. The van der Waals surface area contributed by atoms with Crippen LogP contribution < -0.4 is 5.73 Å². The molecule has 1 aliphatic rings. The molecule has 25 heavy (non-hydrogen) atoms. The molecule has 0 spiro atoms. The van der Waals surface area contributed by atoms with Gasteiger partial charge in [0.1, 0.15) is 0 Å². The molecule has 2 rings (SSSR count). The first kappa shape index (κ1) is 27.1. The molecule has 0 aliphatic carbocycles. The van der Waals surface area contributed by atoms with Gasteiger partial charge in [0.25, 0.3) is 0 Å². The molecule has 148 valence electrons. The molecule has 1 aromatic rings. The average Bonchev–Trinajstić information content (AvgIpc) is 2.95. The summed E-state index contributed by atoms with van der Waals surface area (Å²) in [6.07, 6.45) is 3.60. The van der Waals surface area contributed by atoms with Gasteiger partial charge in [-0.3, -0.25) is 9.69 Å². The van der Waals surface area contributed by atoms with Crippen LogP contribution >= 0.6 is 48.6 Å². The van der Waals surface area contributed by atoms with E-state index < -0.39 is 0 Å². The molecule has 9 heteroatoms. The quantitative estimate of drug-likeness (QED) is 0.748. The van der Waals surface area contributed by atoms with E-state index in [0.717, 1.165) is 50.6 Å². The monoisotopic (exact) mass is 432 g/mol. The summed E-state index contributed by atoms with van der Waals surface area (Å²) in [6.45, 7) is 11.0. The molecule has 1 fully saturated rings. The number of thiazole rings is 1. The number of hydrogen-bond donors (Lipinski definition) is 1. The van der Waals surface area contributed by atoms with E-state index in [1.807, 2.05) is 18.0 Å². The van der Waals surface area contributed by atoms with Crippen LogP contribution in [0, 0.1) is 12.3 Å². The molecule has 2 N–H and O–H groups in total. The molecule has 0 unspecified atom stereocenters. The number of carbonyl (C=O) groups excluding carboxylic acids is 1. The zero-order valence-electron chi connectivity index (χ0n) is 15.2. The summed E-state index contributed by atoms with van der Waals surface area (Å²) in [5.41, 5.74) is 5.54. The highest BCUT2D eigenvalue weighted by Gasteiger charge is 2.37. The molecule has 0 saturated carbocycles. The minimum atomic E-state index is -0.364. The van der Waals surface area contributed by atoms with Gasteiger partial charge in [0.05, 0.1) is 10.4 Å². The highest BCUT2D eigenvalue weighted by molar-refractivity contribution is 7.11. The molecule has 0 atom stereocenters. The summed E-state index contributed by atoms with van der Waals surface area (Å²) in [4.78, 5) is 22.8. The number of piperazine rings is 1. The topological polar surface area (TPSA) is 62.5 Å². The number of amides is 1. The molecule has 1 saturated heterocycles. The zero-order chi connectivity index (χ0) is 16.2. The van der Waals surface area contributed by atoms with Gasteiger partial charge in [-0.2, -0.15) is 0 Å². The minimum Gasteiger partial charge on any atom is -0.340 e. The lowest BCUT2D eigenvalue weighted by atomic mass is 9.81. The summed E-state index contributed by atoms with van der Waals surface area (Å²) in [7, 11) is 0. The molecule has 0 bridgehead atoms. The molecule has 2 heterocycles. The normalized spacial score (nSPS) is 15.0. The van der Waals surface area contributed by atoms with Gasteiger partial charge in [0, 0.05) is 50.3 Å². The molecular formula is C16H31Cl3N4OS. The van der Waals surface area contributed by atoms with Gasteiger partial charge in [0.15, 0.2) is 0 Å². The van der Waals surface area contributed by atoms with Crippen LogP contribution in [0.4, 0.5) is 0 Å². The van der Waals surface area contributed by atoms with Crippen molar-refractivity contribution in [1.29, 1.82) is 0 Å². The number of aromatic nitrogens is 1. The molecule has 1 amide bonds. The Morgan fingerprint density at radius 2 is 1.76 bits per heavy atom. The van der Waals surface area contributed by atoms with Gasteiger partial charge in [-0.05, 0) is 19.8 Å². The highest BCUT2D eigenvalue weighted by Crippen LogP contribution is 2.28. The van der Waals surface area contributed by atoms with E-state index in [9.17, 15) is 4.79 Å².